The summed E-state index contributed by atoms with van der Waals surface area (Å²) in [5.74, 6) is 1.39. The minimum Gasteiger partial charge on any atom is -0.467 e. The van der Waals surface area contributed by atoms with Crippen LogP contribution in [0.4, 0.5) is 0 Å². The number of fused-ring (bicyclic) bond motifs is 1. The average molecular weight is 464 g/mol. The Hall–Kier alpha value is -3.43. The lowest BCUT2D eigenvalue weighted by atomic mass is 10.1. The van der Waals surface area contributed by atoms with Crippen LogP contribution in [0.3, 0.4) is 0 Å². The summed E-state index contributed by atoms with van der Waals surface area (Å²) in [7, 11) is 3.53. The van der Waals surface area contributed by atoms with Gasteiger partial charge in [-0.1, -0.05) is 18.2 Å². The molecule has 9 heteroatoms. The van der Waals surface area contributed by atoms with Gasteiger partial charge in [-0.05, 0) is 24.3 Å². The summed E-state index contributed by atoms with van der Waals surface area (Å²) in [4.78, 5) is 31.2. The molecule has 2 aliphatic heterocycles. The summed E-state index contributed by atoms with van der Waals surface area (Å²) >= 11 is 0. The van der Waals surface area contributed by atoms with Crippen molar-refractivity contribution in [3.63, 3.8) is 0 Å². The number of nitrogens with zero attached hydrogens (tertiary/aromatic N) is 5. The Morgan fingerprint density at radius 2 is 1.76 bits per heavy atom. The van der Waals surface area contributed by atoms with Crippen molar-refractivity contribution in [2.75, 3.05) is 53.4 Å². The molecule has 1 atom stereocenters. The van der Waals surface area contributed by atoms with Gasteiger partial charge in [-0.25, -0.2) is 5.01 Å². The third-order valence-corrected chi connectivity index (χ3v) is 6.43. The number of carbonyl (C=O) groups is 2. The fourth-order valence-corrected chi connectivity index (χ4v) is 4.42. The van der Waals surface area contributed by atoms with E-state index in [9.17, 15) is 9.59 Å². The van der Waals surface area contributed by atoms with Crippen LogP contribution in [0.15, 0.2) is 62.7 Å². The number of para-hydroxylation sites is 1. The predicted octanol–water partition coefficient (Wildman–Crippen LogP) is 2.41. The monoisotopic (exact) mass is 463 g/mol. The lowest BCUT2D eigenvalue weighted by Gasteiger charge is -2.35. The van der Waals surface area contributed by atoms with Gasteiger partial charge in [0.05, 0.1) is 19.4 Å². The lowest BCUT2D eigenvalue weighted by Crippen LogP contribution is -2.51. The molecular weight excluding hydrogens is 434 g/mol. The Labute approximate surface area is 198 Å². The highest BCUT2D eigenvalue weighted by atomic mass is 16.3. The summed E-state index contributed by atoms with van der Waals surface area (Å²) < 4.78 is 11.7. The molecule has 0 unspecified atom stereocenters. The number of piperazine rings is 1. The topological polar surface area (TPSA) is 85.7 Å². The summed E-state index contributed by atoms with van der Waals surface area (Å²) in [6.45, 7) is 3.64. The molecule has 178 valence electrons. The van der Waals surface area contributed by atoms with Gasteiger partial charge in [0.15, 0.2) is 5.76 Å². The Balaban J connectivity index is 1.28. The van der Waals surface area contributed by atoms with Crippen LogP contribution in [0.25, 0.3) is 11.0 Å². The maximum Gasteiger partial charge on any atom is 0.257 e. The minimum absolute atomic E-state index is 0.0784. The van der Waals surface area contributed by atoms with Crippen LogP contribution in [0.2, 0.25) is 0 Å². The molecule has 0 bridgehead atoms. The minimum atomic E-state index is -0.301. The summed E-state index contributed by atoms with van der Waals surface area (Å²) in [5.41, 5.74) is 1.53. The maximum absolute atomic E-state index is 13.3. The van der Waals surface area contributed by atoms with Crippen molar-refractivity contribution in [2.45, 2.75) is 12.5 Å². The van der Waals surface area contributed by atoms with Crippen molar-refractivity contribution < 1.29 is 18.4 Å². The van der Waals surface area contributed by atoms with E-state index in [2.05, 4.69) is 14.9 Å². The number of benzene rings is 1. The van der Waals surface area contributed by atoms with Gasteiger partial charge < -0.3 is 13.7 Å². The highest BCUT2D eigenvalue weighted by molar-refractivity contribution is 6.03. The van der Waals surface area contributed by atoms with Gasteiger partial charge in [0.1, 0.15) is 23.1 Å². The fraction of sp³-hybridized carbons (Fsp3) is 0.400. The number of hydrogen-bond acceptors (Lipinski definition) is 7. The molecular formula is C25H29N5O4. The molecule has 1 fully saturated rings. The van der Waals surface area contributed by atoms with Crippen LogP contribution in [0.1, 0.15) is 24.0 Å². The summed E-state index contributed by atoms with van der Waals surface area (Å²) in [5, 5.41) is 7.24. The Kier molecular flexibility index (Phi) is 6.21. The standard InChI is InChI=1S/C25H29N5O4/c1-27(2)24(31)16-28-9-11-29(12-10-28)17-25(32)30-20(22-8-5-13-33-22)15-19(26-30)23-14-18-6-3-4-7-21(18)34-23/h3-8,13-14,20H,9-12,15-17H2,1-2H3/t20-/m1/s1. The van der Waals surface area contributed by atoms with Gasteiger partial charge in [0.25, 0.3) is 5.91 Å². The van der Waals surface area contributed by atoms with E-state index in [0.29, 0.717) is 24.5 Å². The smallest absolute Gasteiger partial charge is 0.257 e. The van der Waals surface area contributed by atoms with Gasteiger partial charge in [-0.3, -0.25) is 19.4 Å². The third-order valence-electron chi connectivity index (χ3n) is 6.43. The van der Waals surface area contributed by atoms with E-state index in [1.54, 1.807) is 30.3 Å². The molecule has 1 aromatic carbocycles. The lowest BCUT2D eigenvalue weighted by molar-refractivity contribution is -0.136. The molecule has 0 saturated carbocycles. The molecule has 2 amide bonds. The molecule has 1 saturated heterocycles. The largest absolute Gasteiger partial charge is 0.467 e. The first-order chi connectivity index (χ1) is 16.5. The Bertz CT molecular complexity index is 1160. The molecule has 0 N–H and O–H groups in total. The van der Waals surface area contributed by atoms with Crippen molar-refractivity contribution in [1.29, 1.82) is 0 Å². The van der Waals surface area contributed by atoms with Crippen LogP contribution < -0.4 is 0 Å². The van der Waals surface area contributed by atoms with Crippen LogP contribution >= 0.6 is 0 Å². The van der Waals surface area contributed by atoms with Crippen LogP contribution in [-0.4, -0.2) is 90.6 Å². The molecule has 0 radical (unpaired) electrons. The van der Waals surface area contributed by atoms with Crippen molar-refractivity contribution in [3.8, 4) is 0 Å². The molecule has 0 spiro atoms. The van der Waals surface area contributed by atoms with Crippen molar-refractivity contribution in [3.05, 3.63) is 60.2 Å². The van der Waals surface area contributed by atoms with Gasteiger partial charge >= 0.3 is 0 Å². The molecule has 4 heterocycles. The zero-order valence-electron chi connectivity index (χ0n) is 19.5. The number of carbonyl (C=O) groups excluding carboxylic acids is 2. The zero-order valence-corrected chi connectivity index (χ0v) is 19.5. The number of amides is 2. The first-order valence-electron chi connectivity index (χ1n) is 11.5. The molecule has 0 aliphatic carbocycles. The SMILES string of the molecule is CN(C)C(=O)CN1CCN(CC(=O)N2N=C(c3cc4ccccc4o3)C[C@@H]2c2ccco2)CC1. The predicted molar refractivity (Wildman–Crippen MR) is 127 cm³/mol. The van der Waals surface area contributed by atoms with Crippen molar-refractivity contribution in [2.24, 2.45) is 5.10 Å². The maximum atomic E-state index is 13.3. The number of furan rings is 2. The fourth-order valence-electron chi connectivity index (χ4n) is 4.42. The molecule has 3 aromatic rings. The van der Waals surface area contributed by atoms with E-state index < -0.39 is 0 Å². The van der Waals surface area contributed by atoms with E-state index in [1.165, 1.54) is 0 Å². The van der Waals surface area contributed by atoms with Gasteiger partial charge in [0, 0.05) is 52.1 Å². The first-order valence-corrected chi connectivity index (χ1v) is 11.5. The van der Waals surface area contributed by atoms with E-state index >= 15 is 0 Å². The van der Waals surface area contributed by atoms with E-state index in [0.717, 1.165) is 42.9 Å². The molecule has 9 nitrogen and oxygen atoms in total. The van der Waals surface area contributed by atoms with Gasteiger partial charge in [-0.2, -0.15) is 5.10 Å². The molecule has 5 rings (SSSR count). The number of rotatable bonds is 6. The second kappa shape index (κ2) is 9.44. The van der Waals surface area contributed by atoms with Crippen molar-refractivity contribution >= 4 is 28.5 Å². The number of hydrazone groups is 1. The Morgan fingerprint density at radius 1 is 1.03 bits per heavy atom. The molecule has 2 aromatic heterocycles. The second-order valence-corrected chi connectivity index (χ2v) is 9.01. The number of likely N-dealkylation sites (N-methyl/N-ethyl adjacent to an activating group) is 1. The normalized spacial score (nSPS) is 19.5. The number of hydrogen-bond donors (Lipinski definition) is 0. The summed E-state index contributed by atoms with van der Waals surface area (Å²) in [6.07, 6.45) is 2.14. The van der Waals surface area contributed by atoms with Crippen molar-refractivity contribution in [1.82, 2.24) is 19.7 Å². The Morgan fingerprint density at radius 3 is 2.44 bits per heavy atom. The van der Waals surface area contributed by atoms with Gasteiger partial charge in [-0.15, -0.1) is 0 Å². The zero-order chi connectivity index (χ0) is 23.7. The van der Waals surface area contributed by atoms with Crippen LogP contribution in [0.5, 0.6) is 0 Å². The average Bonchev–Trinajstić information content (AvgIpc) is 3.58. The van der Waals surface area contributed by atoms with E-state index in [4.69, 9.17) is 8.83 Å². The highest BCUT2D eigenvalue weighted by Crippen LogP contribution is 2.34. The quantitative estimate of drug-likeness (QED) is 0.558. The highest BCUT2D eigenvalue weighted by Gasteiger charge is 2.36. The first kappa shape index (κ1) is 22.4. The molecule has 2 aliphatic rings. The third kappa shape index (κ3) is 4.62. The van der Waals surface area contributed by atoms with Crippen LogP contribution in [0, 0.1) is 0 Å². The molecule has 34 heavy (non-hydrogen) atoms. The summed E-state index contributed by atoms with van der Waals surface area (Å²) in [6, 6.07) is 13.2. The second-order valence-electron chi connectivity index (χ2n) is 9.01. The van der Waals surface area contributed by atoms with E-state index in [1.807, 2.05) is 42.5 Å². The van der Waals surface area contributed by atoms with Crippen LogP contribution in [-0.2, 0) is 9.59 Å². The van der Waals surface area contributed by atoms with E-state index in [-0.39, 0.29) is 24.4 Å². The van der Waals surface area contributed by atoms with Gasteiger partial charge in [0.2, 0.25) is 5.91 Å².